The van der Waals surface area contributed by atoms with Gasteiger partial charge in [0.25, 0.3) is 5.91 Å². The third-order valence-electron chi connectivity index (χ3n) is 4.81. The van der Waals surface area contributed by atoms with Crippen LogP contribution in [0.4, 0.5) is 4.39 Å². The van der Waals surface area contributed by atoms with Crippen LogP contribution in [0, 0.1) is 0 Å². The van der Waals surface area contributed by atoms with Crippen LogP contribution in [-0.2, 0) is 28.4 Å². The minimum atomic E-state index is -2.21. The van der Waals surface area contributed by atoms with E-state index in [0.29, 0.717) is 33.3 Å². The van der Waals surface area contributed by atoms with Crippen LogP contribution in [0.2, 0.25) is 10.0 Å². The van der Waals surface area contributed by atoms with Gasteiger partial charge in [0.15, 0.2) is 0 Å². The molecule has 3 rings (SSSR count). The lowest BCUT2D eigenvalue weighted by Crippen LogP contribution is -2.44. The van der Waals surface area contributed by atoms with E-state index in [1.165, 1.54) is 13.2 Å². The number of halogens is 3. The predicted molar refractivity (Wildman–Crippen MR) is 100 cm³/mol. The number of aliphatic hydroxyl groups is 1. The minimum absolute atomic E-state index is 0.0166. The molecule has 1 aromatic carbocycles. The number of hydrogen-bond acceptors (Lipinski definition) is 4. The number of benzene rings is 1. The number of amides is 1. The zero-order valence-corrected chi connectivity index (χ0v) is 16.1. The van der Waals surface area contributed by atoms with E-state index in [1.54, 1.807) is 24.4 Å². The van der Waals surface area contributed by atoms with Gasteiger partial charge in [0.1, 0.15) is 0 Å². The van der Waals surface area contributed by atoms with Gasteiger partial charge in [0.2, 0.25) is 5.67 Å². The molecule has 27 heavy (non-hydrogen) atoms. The highest BCUT2D eigenvalue weighted by molar-refractivity contribution is 6.35. The van der Waals surface area contributed by atoms with Gasteiger partial charge in [-0.1, -0.05) is 29.3 Å². The van der Waals surface area contributed by atoms with Crippen molar-refractivity contribution >= 4 is 29.1 Å². The summed E-state index contributed by atoms with van der Waals surface area (Å²) >= 11 is 12.1. The molecule has 0 saturated carbocycles. The highest BCUT2D eigenvalue weighted by Gasteiger charge is 2.47. The van der Waals surface area contributed by atoms with Gasteiger partial charge < -0.3 is 15.2 Å². The van der Waals surface area contributed by atoms with Crippen LogP contribution >= 0.6 is 23.2 Å². The van der Waals surface area contributed by atoms with E-state index in [2.05, 4.69) is 10.3 Å². The average Bonchev–Trinajstić information content (AvgIpc) is 2.67. The molecule has 0 unspecified atom stereocenters. The molecule has 144 valence electrons. The van der Waals surface area contributed by atoms with E-state index >= 15 is 4.39 Å². The van der Waals surface area contributed by atoms with Gasteiger partial charge >= 0.3 is 0 Å². The second-order valence-corrected chi connectivity index (χ2v) is 7.21. The van der Waals surface area contributed by atoms with Crippen molar-refractivity contribution in [2.45, 2.75) is 37.8 Å². The van der Waals surface area contributed by atoms with Gasteiger partial charge in [-0.3, -0.25) is 9.78 Å². The van der Waals surface area contributed by atoms with Crippen molar-refractivity contribution in [3.63, 3.8) is 0 Å². The molecule has 0 spiro atoms. The summed E-state index contributed by atoms with van der Waals surface area (Å²) in [6.07, 6.45) is 1.53. The van der Waals surface area contributed by atoms with Crippen LogP contribution in [0.3, 0.4) is 0 Å². The minimum Gasteiger partial charge on any atom is -0.392 e. The van der Waals surface area contributed by atoms with Crippen molar-refractivity contribution in [3.05, 3.63) is 62.9 Å². The average molecular weight is 413 g/mol. The van der Waals surface area contributed by atoms with Gasteiger partial charge in [0.05, 0.1) is 18.4 Å². The molecule has 0 bridgehead atoms. The largest absolute Gasteiger partial charge is 0.392 e. The summed E-state index contributed by atoms with van der Waals surface area (Å²) in [5, 5.41) is 12.8. The Bertz CT molecular complexity index is 865. The van der Waals surface area contributed by atoms with Crippen LogP contribution < -0.4 is 5.32 Å². The summed E-state index contributed by atoms with van der Waals surface area (Å²) in [7, 11) is 1.54. The van der Waals surface area contributed by atoms with E-state index in [0.717, 1.165) is 0 Å². The fourth-order valence-electron chi connectivity index (χ4n) is 3.38. The molecule has 2 atom stereocenters. The standard InChI is InChI=1S/C19H19Cl2FN2O3/c1-27-16-4-5-19(22,14-3-2-6-23-17(14)16)18(26)24-9-13-11(10-25)7-12(20)8-15(13)21/h2-3,6-8,16,25H,4-5,9-10H2,1H3,(H,24,26)/t16-,19+/m1/s1. The molecule has 1 aliphatic rings. The number of fused-ring (bicyclic) bond motifs is 1. The number of methoxy groups -OCH3 is 1. The predicted octanol–water partition coefficient (Wildman–Crippen LogP) is 3.84. The first-order chi connectivity index (χ1) is 12.9. The summed E-state index contributed by atoms with van der Waals surface area (Å²) < 4.78 is 21.1. The highest BCUT2D eigenvalue weighted by Crippen LogP contribution is 2.43. The molecular formula is C19H19Cl2FN2O3. The second kappa shape index (κ2) is 8.10. The van der Waals surface area contributed by atoms with E-state index in [1.807, 2.05) is 0 Å². The SMILES string of the molecule is CO[C@@H]1CC[C@@](F)(C(=O)NCc2c(Cl)cc(Cl)cc2CO)c2cccnc21. The Morgan fingerprint density at radius 3 is 2.96 bits per heavy atom. The molecule has 0 radical (unpaired) electrons. The molecule has 0 fully saturated rings. The zero-order chi connectivity index (χ0) is 19.6. The van der Waals surface area contributed by atoms with E-state index < -0.39 is 11.6 Å². The van der Waals surface area contributed by atoms with E-state index in [9.17, 15) is 9.90 Å². The normalized spacial score (nSPS) is 21.6. The number of ether oxygens (including phenoxy) is 1. The lowest BCUT2D eigenvalue weighted by Gasteiger charge is -2.33. The number of nitrogens with zero attached hydrogens (tertiary/aromatic N) is 1. The first-order valence-corrected chi connectivity index (χ1v) is 9.19. The molecule has 1 aliphatic carbocycles. The molecule has 1 heterocycles. The lowest BCUT2D eigenvalue weighted by molar-refractivity contribution is -0.135. The Kier molecular flexibility index (Phi) is 6.01. The first kappa shape index (κ1) is 20.0. The van der Waals surface area contributed by atoms with Crippen LogP contribution in [0.15, 0.2) is 30.5 Å². The van der Waals surface area contributed by atoms with Crippen molar-refractivity contribution in [2.75, 3.05) is 7.11 Å². The molecule has 5 nitrogen and oxygen atoms in total. The Morgan fingerprint density at radius 1 is 1.48 bits per heavy atom. The molecule has 2 aromatic rings. The van der Waals surface area contributed by atoms with Gasteiger partial charge in [-0.05, 0) is 42.2 Å². The zero-order valence-electron chi connectivity index (χ0n) is 14.6. The van der Waals surface area contributed by atoms with Gasteiger partial charge in [-0.15, -0.1) is 0 Å². The van der Waals surface area contributed by atoms with Gasteiger partial charge in [0, 0.05) is 35.5 Å². The molecule has 1 amide bonds. The van der Waals surface area contributed by atoms with Crippen molar-refractivity contribution < 1.29 is 19.0 Å². The van der Waals surface area contributed by atoms with E-state index in [4.69, 9.17) is 27.9 Å². The van der Waals surface area contributed by atoms with Crippen LogP contribution in [0.25, 0.3) is 0 Å². The van der Waals surface area contributed by atoms with Crippen molar-refractivity contribution in [2.24, 2.45) is 0 Å². The van der Waals surface area contributed by atoms with Crippen LogP contribution in [0.1, 0.15) is 41.3 Å². The Balaban J connectivity index is 1.85. The molecular weight excluding hydrogens is 394 g/mol. The van der Waals surface area contributed by atoms with Gasteiger partial charge in [-0.2, -0.15) is 0 Å². The van der Waals surface area contributed by atoms with Crippen molar-refractivity contribution in [1.82, 2.24) is 10.3 Å². The number of pyridine rings is 1. The van der Waals surface area contributed by atoms with E-state index in [-0.39, 0.29) is 31.2 Å². The monoisotopic (exact) mass is 412 g/mol. The lowest BCUT2D eigenvalue weighted by atomic mass is 9.80. The van der Waals surface area contributed by atoms with Crippen LogP contribution in [0.5, 0.6) is 0 Å². The molecule has 2 N–H and O–H groups in total. The molecule has 1 aromatic heterocycles. The Hall–Kier alpha value is -1.73. The number of aliphatic hydroxyl groups excluding tert-OH is 1. The maximum absolute atomic E-state index is 15.7. The smallest absolute Gasteiger partial charge is 0.262 e. The quantitative estimate of drug-likeness (QED) is 0.782. The number of rotatable bonds is 5. The molecule has 8 heteroatoms. The third-order valence-corrected chi connectivity index (χ3v) is 5.37. The van der Waals surface area contributed by atoms with Crippen molar-refractivity contribution in [3.8, 4) is 0 Å². The summed E-state index contributed by atoms with van der Waals surface area (Å²) in [6, 6.07) is 6.22. The number of carbonyl (C=O) groups is 1. The summed E-state index contributed by atoms with van der Waals surface area (Å²) in [5.41, 5.74) is -0.588. The fourth-order valence-corrected chi connectivity index (χ4v) is 3.98. The summed E-state index contributed by atoms with van der Waals surface area (Å²) in [5.74, 6) is -0.777. The molecule has 0 saturated heterocycles. The maximum atomic E-state index is 15.7. The number of hydrogen-bond donors (Lipinski definition) is 2. The maximum Gasteiger partial charge on any atom is 0.262 e. The number of carbonyl (C=O) groups excluding carboxylic acids is 1. The summed E-state index contributed by atoms with van der Waals surface area (Å²) in [6.45, 7) is -0.325. The Labute approximate surface area is 166 Å². The summed E-state index contributed by atoms with van der Waals surface area (Å²) in [4.78, 5) is 16.9. The number of aromatic nitrogens is 1. The number of nitrogens with one attached hydrogen (secondary N) is 1. The third kappa shape index (κ3) is 3.80. The first-order valence-electron chi connectivity index (χ1n) is 8.43. The molecule has 0 aliphatic heterocycles. The second-order valence-electron chi connectivity index (χ2n) is 6.37. The highest BCUT2D eigenvalue weighted by atomic mass is 35.5. The topological polar surface area (TPSA) is 71.5 Å². The number of alkyl halides is 1. The van der Waals surface area contributed by atoms with Crippen LogP contribution in [-0.4, -0.2) is 23.1 Å². The fraction of sp³-hybridized carbons (Fsp3) is 0.368. The van der Waals surface area contributed by atoms with Gasteiger partial charge in [-0.25, -0.2) is 4.39 Å². The van der Waals surface area contributed by atoms with Crippen molar-refractivity contribution in [1.29, 1.82) is 0 Å². The Morgan fingerprint density at radius 2 is 2.26 bits per heavy atom.